The van der Waals surface area contributed by atoms with Crippen LogP contribution in [0.1, 0.15) is 50.8 Å². The van der Waals surface area contributed by atoms with Gasteiger partial charge in [-0.15, -0.1) is 0 Å². The van der Waals surface area contributed by atoms with Crippen LogP contribution in [0.2, 0.25) is 0 Å². The van der Waals surface area contributed by atoms with E-state index in [1.807, 2.05) is 55.5 Å². The molecule has 0 saturated heterocycles. The molecule has 0 aliphatic carbocycles. The molecule has 2 aromatic rings. The van der Waals surface area contributed by atoms with Gasteiger partial charge in [-0.2, -0.15) is 0 Å². The molecule has 2 N–H and O–H groups in total. The van der Waals surface area contributed by atoms with Crippen LogP contribution in [0.4, 0.5) is 0 Å². The molecule has 3 atom stereocenters. The lowest BCUT2D eigenvalue weighted by atomic mass is 9.93. The molecule has 0 fully saturated rings. The van der Waals surface area contributed by atoms with Gasteiger partial charge in [0.05, 0.1) is 6.10 Å². The normalized spacial score (nSPS) is 14.7. The van der Waals surface area contributed by atoms with Crippen LogP contribution in [0.25, 0.3) is 0 Å². The maximum Gasteiger partial charge on any atom is 0.223 e. The number of hydrogen-bond donors (Lipinski definition) is 2. The van der Waals surface area contributed by atoms with Crippen molar-refractivity contribution in [2.24, 2.45) is 17.8 Å². The Morgan fingerprint density at radius 1 is 0.931 bits per heavy atom. The molecule has 0 aliphatic rings. The second-order valence-electron chi connectivity index (χ2n) is 8.30. The first-order valence-corrected chi connectivity index (χ1v) is 10.7. The largest absolute Gasteiger partial charge is 0.388 e. The lowest BCUT2D eigenvalue weighted by Crippen LogP contribution is -2.36. The van der Waals surface area contributed by atoms with Crippen LogP contribution in [0.5, 0.6) is 0 Å². The topological polar surface area (TPSA) is 49.3 Å². The fraction of sp³-hybridized carbons (Fsp3) is 0.423. The first kappa shape index (κ1) is 22.9. The van der Waals surface area contributed by atoms with Crippen molar-refractivity contribution in [3.05, 3.63) is 83.9 Å². The molecular formula is C26H35NO2. The summed E-state index contributed by atoms with van der Waals surface area (Å²) in [6.07, 6.45) is 6.19. The van der Waals surface area contributed by atoms with Crippen molar-refractivity contribution in [1.29, 1.82) is 0 Å². The number of allylic oxidation sites excluding steroid dienone is 2. The van der Waals surface area contributed by atoms with Crippen LogP contribution < -0.4 is 5.32 Å². The van der Waals surface area contributed by atoms with Crippen LogP contribution >= 0.6 is 0 Å². The van der Waals surface area contributed by atoms with Crippen LogP contribution in [0.3, 0.4) is 0 Å². The number of aliphatic hydroxyl groups is 1. The van der Waals surface area contributed by atoms with E-state index in [0.717, 1.165) is 18.4 Å². The van der Waals surface area contributed by atoms with E-state index >= 15 is 0 Å². The lowest BCUT2D eigenvalue weighted by molar-refractivity contribution is -0.125. The highest BCUT2D eigenvalue weighted by Crippen LogP contribution is 2.21. The summed E-state index contributed by atoms with van der Waals surface area (Å²) in [4.78, 5) is 12.9. The van der Waals surface area contributed by atoms with Gasteiger partial charge in [-0.25, -0.2) is 0 Å². The SMILES string of the molecule is CC(C)CC=CC[C@@H](Cc1ccccc1)C(=O)NC[C@@H](C)[C@@H](O)c1ccccc1. The molecule has 0 bridgehead atoms. The molecular weight excluding hydrogens is 358 g/mol. The zero-order valence-corrected chi connectivity index (χ0v) is 17.9. The van der Waals surface area contributed by atoms with E-state index in [9.17, 15) is 9.90 Å². The lowest BCUT2D eigenvalue weighted by Gasteiger charge is -2.22. The quantitative estimate of drug-likeness (QED) is 0.507. The third-order valence-electron chi connectivity index (χ3n) is 5.17. The highest BCUT2D eigenvalue weighted by Gasteiger charge is 2.21. The Labute approximate surface area is 175 Å². The molecule has 0 aromatic heterocycles. The Bertz CT molecular complexity index is 740. The standard InChI is InChI=1S/C26H35NO2/c1-20(2)12-10-11-17-24(18-22-13-6-4-7-14-22)26(29)27-19-21(3)25(28)23-15-8-5-9-16-23/h4-11,13-16,20-21,24-25,28H,12,17-19H2,1-3H3,(H,27,29)/t21-,24+,25-/m1/s1. The van der Waals surface area contributed by atoms with Crippen LogP contribution in [-0.2, 0) is 11.2 Å². The predicted octanol–water partition coefficient (Wildman–Crippen LogP) is 5.32. The molecule has 0 radical (unpaired) electrons. The summed E-state index contributed by atoms with van der Waals surface area (Å²) in [6, 6.07) is 19.8. The van der Waals surface area contributed by atoms with E-state index in [1.165, 1.54) is 5.56 Å². The van der Waals surface area contributed by atoms with Gasteiger partial charge >= 0.3 is 0 Å². The van der Waals surface area contributed by atoms with Crippen LogP contribution in [0, 0.1) is 17.8 Å². The van der Waals surface area contributed by atoms with Gasteiger partial charge in [-0.3, -0.25) is 4.79 Å². The Kier molecular flexibility index (Phi) is 9.66. The minimum absolute atomic E-state index is 0.0511. The summed E-state index contributed by atoms with van der Waals surface area (Å²) in [5.74, 6) is 0.500. The van der Waals surface area contributed by atoms with Gasteiger partial charge in [-0.1, -0.05) is 93.6 Å². The molecule has 0 heterocycles. The first-order valence-electron chi connectivity index (χ1n) is 10.7. The summed E-state index contributed by atoms with van der Waals surface area (Å²) in [7, 11) is 0. The fourth-order valence-electron chi connectivity index (χ4n) is 3.31. The molecule has 3 heteroatoms. The van der Waals surface area contributed by atoms with Gasteiger partial charge in [-0.05, 0) is 36.3 Å². The number of nitrogens with one attached hydrogen (secondary N) is 1. The Morgan fingerprint density at radius 2 is 1.52 bits per heavy atom. The van der Waals surface area contributed by atoms with E-state index < -0.39 is 6.10 Å². The van der Waals surface area contributed by atoms with E-state index in [2.05, 4.69) is 43.4 Å². The summed E-state index contributed by atoms with van der Waals surface area (Å²) in [5.41, 5.74) is 2.05. The smallest absolute Gasteiger partial charge is 0.223 e. The number of amides is 1. The minimum atomic E-state index is -0.588. The zero-order chi connectivity index (χ0) is 21.1. The molecule has 2 aromatic carbocycles. The molecule has 0 spiro atoms. The van der Waals surface area contributed by atoms with Crippen molar-refractivity contribution in [1.82, 2.24) is 5.32 Å². The van der Waals surface area contributed by atoms with Gasteiger partial charge in [0.2, 0.25) is 5.91 Å². The van der Waals surface area contributed by atoms with Crippen molar-refractivity contribution in [2.75, 3.05) is 6.54 Å². The monoisotopic (exact) mass is 393 g/mol. The number of carbonyl (C=O) groups excluding carboxylic acids is 1. The van der Waals surface area contributed by atoms with Crippen LogP contribution in [-0.4, -0.2) is 17.6 Å². The summed E-state index contributed by atoms with van der Waals surface area (Å²) < 4.78 is 0. The van der Waals surface area contributed by atoms with E-state index in [4.69, 9.17) is 0 Å². The number of rotatable bonds is 11. The van der Waals surface area contributed by atoms with Crippen molar-refractivity contribution < 1.29 is 9.90 Å². The van der Waals surface area contributed by atoms with Crippen molar-refractivity contribution in [3.8, 4) is 0 Å². The molecule has 0 unspecified atom stereocenters. The molecule has 156 valence electrons. The Balaban J connectivity index is 1.95. The van der Waals surface area contributed by atoms with E-state index in [1.54, 1.807) is 0 Å². The second kappa shape index (κ2) is 12.2. The average molecular weight is 394 g/mol. The molecule has 3 nitrogen and oxygen atoms in total. The van der Waals surface area contributed by atoms with Gasteiger partial charge in [0.1, 0.15) is 0 Å². The second-order valence-corrected chi connectivity index (χ2v) is 8.30. The highest BCUT2D eigenvalue weighted by molar-refractivity contribution is 5.79. The maximum absolute atomic E-state index is 12.9. The van der Waals surface area contributed by atoms with Crippen molar-refractivity contribution in [2.45, 2.75) is 46.1 Å². The third-order valence-corrected chi connectivity index (χ3v) is 5.17. The number of benzene rings is 2. The Morgan fingerprint density at radius 3 is 2.14 bits per heavy atom. The third kappa shape index (κ3) is 8.25. The number of carbonyl (C=O) groups is 1. The number of hydrogen-bond acceptors (Lipinski definition) is 2. The van der Waals surface area contributed by atoms with E-state index in [0.29, 0.717) is 18.9 Å². The summed E-state index contributed by atoms with van der Waals surface area (Å²) in [6.45, 7) is 6.80. The van der Waals surface area contributed by atoms with E-state index in [-0.39, 0.29) is 17.7 Å². The molecule has 1 amide bonds. The molecule has 2 rings (SSSR count). The summed E-state index contributed by atoms with van der Waals surface area (Å²) >= 11 is 0. The molecule has 0 aliphatic heterocycles. The predicted molar refractivity (Wildman–Crippen MR) is 120 cm³/mol. The van der Waals surface area contributed by atoms with Crippen LogP contribution in [0.15, 0.2) is 72.8 Å². The number of aliphatic hydroxyl groups excluding tert-OH is 1. The molecule has 0 saturated carbocycles. The minimum Gasteiger partial charge on any atom is -0.388 e. The molecule has 29 heavy (non-hydrogen) atoms. The van der Waals surface area contributed by atoms with Crippen molar-refractivity contribution in [3.63, 3.8) is 0 Å². The van der Waals surface area contributed by atoms with Gasteiger partial charge in [0, 0.05) is 18.4 Å². The maximum atomic E-state index is 12.9. The van der Waals surface area contributed by atoms with Gasteiger partial charge in [0.25, 0.3) is 0 Å². The average Bonchev–Trinajstić information content (AvgIpc) is 2.74. The summed E-state index contributed by atoms with van der Waals surface area (Å²) in [5, 5.41) is 13.6. The Hall–Kier alpha value is -2.39. The highest BCUT2D eigenvalue weighted by atomic mass is 16.3. The van der Waals surface area contributed by atoms with Gasteiger partial charge < -0.3 is 10.4 Å². The zero-order valence-electron chi connectivity index (χ0n) is 17.9. The van der Waals surface area contributed by atoms with Gasteiger partial charge in [0.15, 0.2) is 0 Å². The van der Waals surface area contributed by atoms with Crippen molar-refractivity contribution >= 4 is 5.91 Å². The first-order chi connectivity index (χ1) is 14.0. The fourth-order valence-corrected chi connectivity index (χ4v) is 3.31.